The molecule has 0 aliphatic heterocycles. The predicted octanol–water partition coefficient (Wildman–Crippen LogP) is 1.99. The Morgan fingerprint density at radius 1 is 1.47 bits per heavy atom. The summed E-state index contributed by atoms with van der Waals surface area (Å²) < 4.78 is 5.57. The molecule has 1 aromatic rings. The highest BCUT2D eigenvalue weighted by atomic mass is 16.5. The van der Waals surface area contributed by atoms with E-state index in [1.165, 1.54) is 0 Å². The van der Waals surface area contributed by atoms with Crippen molar-refractivity contribution in [2.45, 2.75) is 38.3 Å². The molecule has 4 heteroatoms. The molecule has 1 fully saturated rings. The number of nitrogens with one attached hydrogen (secondary N) is 1. The van der Waals surface area contributed by atoms with Crippen molar-refractivity contribution in [2.75, 3.05) is 17.7 Å². The molecule has 0 atom stereocenters. The Morgan fingerprint density at radius 2 is 2.24 bits per heavy atom. The van der Waals surface area contributed by atoms with Gasteiger partial charge in [-0.1, -0.05) is 13.0 Å². The zero-order valence-corrected chi connectivity index (χ0v) is 10.1. The van der Waals surface area contributed by atoms with E-state index in [-0.39, 0.29) is 6.10 Å². The van der Waals surface area contributed by atoms with Gasteiger partial charge in [0.2, 0.25) is 0 Å². The van der Waals surface area contributed by atoms with E-state index in [2.05, 4.69) is 12.2 Å². The number of para-hydroxylation sites is 1. The van der Waals surface area contributed by atoms with E-state index in [9.17, 15) is 5.11 Å². The Hall–Kier alpha value is -1.42. The van der Waals surface area contributed by atoms with Gasteiger partial charge in [-0.3, -0.25) is 0 Å². The second-order valence-corrected chi connectivity index (χ2v) is 4.53. The molecule has 0 heterocycles. The Morgan fingerprint density at radius 3 is 2.88 bits per heavy atom. The van der Waals surface area contributed by atoms with Gasteiger partial charge in [-0.25, -0.2) is 0 Å². The molecule has 0 unspecified atom stereocenters. The van der Waals surface area contributed by atoms with Crippen molar-refractivity contribution < 1.29 is 9.84 Å². The maximum Gasteiger partial charge on any atom is 0.144 e. The number of nitrogen functional groups attached to an aromatic ring is 1. The lowest BCUT2D eigenvalue weighted by molar-refractivity contribution is 0.0837. The first kappa shape index (κ1) is 12.0. The Bertz CT molecular complexity index is 376. The van der Waals surface area contributed by atoms with Gasteiger partial charge in [-0.2, -0.15) is 0 Å². The fourth-order valence-corrected chi connectivity index (χ4v) is 1.93. The first-order chi connectivity index (χ1) is 8.20. The summed E-state index contributed by atoms with van der Waals surface area (Å²) in [6, 6.07) is 6.08. The lowest BCUT2D eigenvalue weighted by Gasteiger charge is -2.33. The van der Waals surface area contributed by atoms with Crippen LogP contribution in [0.5, 0.6) is 5.75 Å². The molecule has 0 spiro atoms. The van der Waals surface area contributed by atoms with E-state index in [0.717, 1.165) is 30.7 Å². The molecule has 0 bridgehead atoms. The predicted molar refractivity (Wildman–Crippen MR) is 69.3 cm³/mol. The number of ether oxygens (including phenoxy) is 1. The number of hydrogen-bond acceptors (Lipinski definition) is 4. The quantitative estimate of drug-likeness (QED) is 0.684. The molecule has 2 rings (SSSR count). The minimum atomic E-state index is -0.159. The SMILES string of the molecule is CCCOc1cccc(NC2CC(O)C2)c1N. The molecule has 1 aliphatic carbocycles. The van der Waals surface area contributed by atoms with E-state index in [4.69, 9.17) is 10.5 Å². The smallest absolute Gasteiger partial charge is 0.144 e. The highest BCUT2D eigenvalue weighted by Gasteiger charge is 2.27. The summed E-state index contributed by atoms with van der Waals surface area (Å²) in [6.45, 7) is 2.74. The molecular weight excluding hydrogens is 216 g/mol. The van der Waals surface area contributed by atoms with E-state index in [1.807, 2.05) is 18.2 Å². The molecule has 1 saturated carbocycles. The molecule has 0 radical (unpaired) electrons. The van der Waals surface area contributed by atoms with Crippen LogP contribution in [0, 0.1) is 0 Å². The molecule has 4 nitrogen and oxygen atoms in total. The van der Waals surface area contributed by atoms with Crippen molar-refractivity contribution in [1.82, 2.24) is 0 Å². The molecule has 0 amide bonds. The van der Waals surface area contributed by atoms with Gasteiger partial charge in [0.25, 0.3) is 0 Å². The van der Waals surface area contributed by atoms with Gasteiger partial charge in [-0.05, 0) is 31.4 Å². The largest absolute Gasteiger partial charge is 0.491 e. The average Bonchev–Trinajstić information content (AvgIpc) is 2.28. The van der Waals surface area contributed by atoms with Gasteiger partial charge < -0.3 is 20.9 Å². The zero-order valence-electron chi connectivity index (χ0n) is 10.1. The fourth-order valence-electron chi connectivity index (χ4n) is 1.93. The van der Waals surface area contributed by atoms with Gasteiger partial charge in [-0.15, -0.1) is 0 Å². The maximum atomic E-state index is 9.24. The van der Waals surface area contributed by atoms with Crippen molar-refractivity contribution in [3.63, 3.8) is 0 Å². The highest BCUT2D eigenvalue weighted by molar-refractivity contribution is 5.73. The van der Waals surface area contributed by atoms with Crippen LogP contribution < -0.4 is 15.8 Å². The van der Waals surface area contributed by atoms with Crippen LogP contribution in [0.25, 0.3) is 0 Å². The maximum absolute atomic E-state index is 9.24. The number of nitrogens with two attached hydrogens (primary N) is 1. The summed E-state index contributed by atoms with van der Waals surface area (Å²) in [6.07, 6.45) is 2.39. The minimum absolute atomic E-state index is 0.159. The van der Waals surface area contributed by atoms with Crippen molar-refractivity contribution in [1.29, 1.82) is 0 Å². The lowest BCUT2D eigenvalue weighted by atomic mass is 9.89. The molecule has 1 aromatic carbocycles. The molecule has 94 valence electrons. The summed E-state index contributed by atoms with van der Waals surface area (Å²) in [4.78, 5) is 0. The average molecular weight is 236 g/mol. The summed E-state index contributed by atoms with van der Waals surface area (Å²) >= 11 is 0. The zero-order chi connectivity index (χ0) is 12.3. The monoisotopic (exact) mass is 236 g/mol. The number of rotatable bonds is 5. The lowest BCUT2D eigenvalue weighted by Crippen LogP contribution is -2.39. The summed E-state index contributed by atoms with van der Waals surface area (Å²) in [5.74, 6) is 0.733. The van der Waals surface area contributed by atoms with Crippen LogP contribution >= 0.6 is 0 Å². The standard InChI is InChI=1S/C13H20N2O2/c1-2-6-17-12-5-3-4-11(13(12)14)15-9-7-10(16)8-9/h3-5,9-10,15-16H,2,6-8,14H2,1H3. The van der Waals surface area contributed by atoms with Crippen LogP contribution in [0.3, 0.4) is 0 Å². The first-order valence-corrected chi connectivity index (χ1v) is 6.16. The molecule has 0 saturated heterocycles. The molecular formula is C13H20N2O2. The van der Waals surface area contributed by atoms with Gasteiger partial charge in [0.05, 0.1) is 24.1 Å². The van der Waals surface area contributed by atoms with Crippen LogP contribution in [0.4, 0.5) is 11.4 Å². The van der Waals surface area contributed by atoms with Crippen LogP contribution in [-0.2, 0) is 0 Å². The van der Waals surface area contributed by atoms with Crippen LogP contribution in [0.1, 0.15) is 26.2 Å². The number of benzene rings is 1. The third-order valence-corrected chi connectivity index (χ3v) is 3.00. The van der Waals surface area contributed by atoms with Crippen LogP contribution in [-0.4, -0.2) is 23.9 Å². The highest BCUT2D eigenvalue weighted by Crippen LogP contribution is 2.32. The van der Waals surface area contributed by atoms with E-state index in [0.29, 0.717) is 18.3 Å². The second-order valence-electron chi connectivity index (χ2n) is 4.53. The summed E-state index contributed by atoms with van der Waals surface area (Å²) in [5, 5.41) is 12.6. The summed E-state index contributed by atoms with van der Waals surface area (Å²) in [5.41, 5.74) is 7.59. The van der Waals surface area contributed by atoms with Crippen molar-refractivity contribution >= 4 is 11.4 Å². The number of anilines is 2. The fraction of sp³-hybridized carbons (Fsp3) is 0.538. The molecule has 17 heavy (non-hydrogen) atoms. The number of aliphatic hydroxyl groups excluding tert-OH is 1. The van der Waals surface area contributed by atoms with Crippen LogP contribution in [0.2, 0.25) is 0 Å². The number of aliphatic hydroxyl groups is 1. The first-order valence-electron chi connectivity index (χ1n) is 6.16. The van der Waals surface area contributed by atoms with Gasteiger partial charge in [0.15, 0.2) is 0 Å². The van der Waals surface area contributed by atoms with Gasteiger partial charge >= 0.3 is 0 Å². The Kier molecular flexibility index (Phi) is 3.74. The third kappa shape index (κ3) is 2.82. The van der Waals surface area contributed by atoms with E-state index in [1.54, 1.807) is 0 Å². The molecule has 0 aromatic heterocycles. The normalized spacial score (nSPS) is 22.9. The minimum Gasteiger partial charge on any atom is -0.491 e. The van der Waals surface area contributed by atoms with Gasteiger partial charge in [0, 0.05) is 6.04 Å². The number of hydrogen-bond donors (Lipinski definition) is 3. The molecule has 4 N–H and O–H groups in total. The van der Waals surface area contributed by atoms with Crippen LogP contribution in [0.15, 0.2) is 18.2 Å². The molecule has 1 aliphatic rings. The van der Waals surface area contributed by atoms with Crippen molar-refractivity contribution in [3.8, 4) is 5.75 Å². The Labute approximate surface area is 102 Å². The third-order valence-electron chi connectivity index (χ3n) is 3.00. The topological polar surface area (TPSA) is 67.5 Å². The van der Waals surface area contributed by atoms with Gasteiger partial charge in [0.1, 0.15) is 5.75 Å². The van der Waals surface area contributed by atoms with E-state index < -0.39 is 0 Å². The van der Waals surface area contributed by atoms with E-state index >= 15 is 0 Å². The summed E-state index contributed by atoms with van der Waals surface area (Å²) in [7, 11) is 0. The van der Waals surface area contributed by atoms with Crippen molar-refractivity contribution in [3.05, 3.63) is 18.2 Å². The van der Waals surface area contributed by atoms with Crippen molar-refractivity contribution in [2.24, 2.45) is 0 Å². The Balaban J connectivity index is 2.01. The second kappa shape index (κ2) is 5.27.